The van der Waals surface area contributed by atoms with Crippen LogP contribution in [0.3, 0.4) is 0 Å². The predicted molar refractivity (Wildman–Crippen MR) is 71.8 cm³/mol. The molecule has 0 heterocycles. The molecule has 1 unspecified atom stereocenters. The Morgan fingerprint density at radius 1 is 0.882 bits per heavy atom. The Kier molecular flexibility index (Phi) is 7.31. The largest absolute Gasteiger partial charge is 0.118 e. The van der Waals surface area contributed by atoms with E-state index < -0.39 is 5.41 Å². The van der Waals surface area contributed by atoms with Crippen molar-refractivity contribution in [3.05, 3.63) is 0 Å². The SMILES string of the molecule is C#CC#CCC(C#C)(C#CC)CC#CC#CC. The third-order valence-electron chi connectivity index (χ3n) is 1.86. The van der Waals surface area contributed by atoms with E-state index in [2.05, 4.69) is 59.2 Å². The number of hydrogen-bond donors (Lipinski definition) is 0. The summed E-state index contributed by atoms with van der Waals surface area (Å²) in [4.78, 5) is 0. The van der Waals surface area contributed by atoms with Gasteiger partial charge in [-0.15, -0.1) is 18.8 Å². The van der Waals surface area contributed by atoms with Crippen LogP contribution >= 0.6 is 0 Å². The molecule has 0 radical (unpaired) electrons. The molecule has 0 bridgehead atoms. The molecule has 0 spiro atoms. The lowest BCUT2D eigenvalue weighted by molar-refractivity contribution is 0.574. The van der Waals surface area contributed by atoms with Crippen LogP contribution < -0.4 is 0 Å². The summed E-state index contributed by atoms with van der Waals surface area (Å²) in [6, 6.07) is 0. The van der Waals surface area contributed by atoms with Crippen LogP contribution in [-0.2, 0) is 0 Å². The predicted octanol–water partition coefficient (Wildman–Crippen LogP) is 2.07. The highest BCUT2D eigenvalue weighted by molar-refractivity contribution is 5.34. The Morgan fingerprint density at radius 3 is 2.00 bits per heavy atom. The lowest BCUT2D eigenvalue weighted by Crippen LogP contribution is -2.14. The maximum atomic E-state index is 5.52. The fraction of sp³-hybridized carbons (Fsp3) is 0.294. The highest BCUT2D eigenvalue weighted by Gasteiger charge is 2.22. The summed E-state index contributed by atoms with van der Waals surface area (Å²) >= 11 is 0. The van der Waals surface area contributed by atoms with E-state index in [1.54, 1.807) is 13.8 Å². The van der Waals surface area contributed by atoms with Crippen LogP contribution in [0.5, 0.6) is 0 Å². The highest BCUT2D eigenvalue weighted by atomic mass is 14.2. The molecule has 0 heteroatoms. The highest BCUT2D eigenvalue weighted by Crippen LogP contribution is 2.23. The molecule has 0 nitrogen and oxygen atoms in total. The second-order valence-electron chi connectivity index (χ2n) is 3.08. The quantitative estimate of drug-likeness (QED) is 0.620. The zero-order chi connectivity index (χ0) is 13.0. The summed E-state index contributed by atoms with van der Waals surface area (Å²) in [6.07, 6.45) is 11.4. The van der Waals surface area contributed by atoms with Gasteiger partial charge in [-0.1, -0.05) is 29.6 Å². The second-order valence-corrected chi connectivity index (χ2v) is 3.08. The van der Waals surface area contributed by atoms with Crippen molar-refractivity contribution in [1.29, 1.82) is 0 Å². The molecule has 0 amide bonds. The second kappa shape index (κ2) is 8.65. The summed E-state index contributed by atoms with van der Waals surface area (Å²) in [6.45, 7) is 3.47. The van der Waals surface area contributed by atoms with Gasteiger partial charge in [-0.25, -0.2) is 0 Å². The number of terminal acetylenes is 2. The zero-order valence-corrected chi connectivity index (χ0v) is 10.1. The summed E-state index contributed by atoms with van der Waals surface area (Å²) in [5.41, 5.74) is -0.652. The van der Waals surface area contributed by atoms with Crippen molar-refractivity contribution in [3.63, 3.8) is 0 Å². The molecule has 80 valence electrons. The molecule has 0 saturated heterocycles. The van der Waals surface area contributed by atoms with E-state index in [9.17, 15) is 0 Å². The molecule has 0 fully saturated rings. The zero-order valence-electron chi connectivity index (χ0n) is 10.1. The minimum atomic E-state index is -0.652. The van der Waals surface area contributed by atoms with Crippen molar-refractivity contribution in [3.8, 4) is 72.1 Å². The van der Waals surface area contributed by atoms with Crippen molar-refractivity contribution in [2.45, 2.75) is 26.7 Å². The Balaban J connectivity index is 5.02. The van der Waals surface area contributed by atoms with Gasteiger partial charge in [0.05, 0.1) is 0 Å². The minimum Gasteiger partial charge on any atom is -0.118 e. The van der Waals surface area contributed by atoms with Crippen LogP contribution in [0.2, 0.25) is 0 Å². The Bertz CT molecular complexity index is 574. The van der Waals surface area contributed by atoms with Gasteiger partial charge in [0.25, 0.3) is 0 Å². The third-order valence-corrected chi connectivity index (χ3v) is 1.86. The molecule has 0 N–H and O–H groups in total. The van der Waals surface area contributed by atoms with Gasteiger partial charge in [-0.05, 0) is 37.5 Å². The van der Waals surface area contributed by atoms with Gasteiger partial charge in [0.2, 0.25) is 0 Å². The lowest BCUT2D eigenvalue weighted by atomic mass is 9.83. The van der Waals surface area contributed by atoms with Gasteiger partial charge in [0.1, 0.15) is 5.41 Å². The van der Waals surface area contributed by atoms with Crippen LogP contribution in [0, 0.1) is 77.5 Å². The summed E-state index contributed by atoms with van der Waals surface area (Å²) in [5.74, 6) is 27.0. The first-order valence-electron chi connectivity index (χ1n) is 4.99. The van der Waals surface area contributed by atoms with Gasteiger partial charge in [0.15, 0.2) is 0 Å². The average molecular weight is 216 g/mol. The number of hydrogen-bond acceptors (Lipinski definition) is 0. The fourth-order valence-electron chi connectivity index (χ4n) is 1.08. The van der Waals surface area contributed by atoms with Crippen LogP contribution in [0.25, 0.3) is 0 Å². The molecule has 0 aromatic heterocycles. The maximum absolute atomic E-state index is 5.52. The van der Waals surface area contributed by atoms with Crippen LogP contribution in [0.4, 0.5) is 0 Å². The number of rotatable bonds is 2. The molecule has 0 rings (SSSR count). The van der Waals surface area contributed by atoms with E-state index >= 15 is 0 Å². The molecule has 0 saturated carbocycles. The summed E-state index contributed by atoms with van der Waals surface area (Å²) in [7, 11) is 0. The third kappa shape index (κ3) is 5.72. The summed E-state index contributed by atoms with van der Waals surface area (Å²) in [5, 5.41) is 0. The van der Waals surface area contributed by atoms with E-state index in [4.69, 9.17) is 12.8 Å². The average Bonchev–Trinajstić information content (AvgIpc) is 2.35. The topological polar surface area (TPSA) is 0 Å². The molecular weight excluding hydrogens is 204 g/mol. The van der Waals surface area contributed by atoms with Gasteiger partial charge in [-0.2, -0.15) is 0 Å². The maximum Gasteiger partial charge on any atom is 0.113 e. The van der Waals surface area contributed by atoms with E-state index in [-0.39, 0.29) is 0 Å². The molecule has 17 heavy (non-hydrogen) atoms. The van der Waals surface area contributed by atoms with Gasteiger partial charge >= 0.3 is 0 Å². The molecular formula is C17H12. The summed E-state index contributed by atoms with van der Waals surface area (Å²) < 4.78 is 0. The molecule has 0 aromatic rings. The van der Waals surface area contributed by atoms with Crippen molar-refractivity contribution >= 4 is 0 Å². The van der Waals surface area contributed by atoms with E-state index in [1.807, 2.05) is 0 Å². The first-order chi connectivity index (χ1) is 8.24. The molecule has 0 aliphatic rings. The smallest absolute Gasteiger partial charge is 0.113 e. The Hall–Kier alpha value is -2.64. The van der Waals surface area contributed by atoms with Gasteiger partial charge < -0.3 is 0 Å². The minimum absolute atomic E-state index is 0.419. The lowest BCUT2D eigenvalue weighted by Gasteiger charge is -2.15. The molecule has 0 aliphatic carbocycles. The Morgan fingerprint density at radius 2 is 1.53 bits per heavy atom. The first-order valence-corrected chi connectivity index (χ1v) is 4.99. The molecule has 0 aliphatic heterocycles. The normalized spacial score (nSPS) is 9.88. The molecule has 1 atom stereocenters. The van der Waals surface area contributed by atoms with E-state index in [0.29, 0.717) is 12.8 Å². The van der Waals surface area contributed by atoms with Crippen LogP contribution in [0.15, 0.2) is 0 Å². The van der Waals surface area contributed by atoms with Crippen LogP contribution in [0.1, 0.15) is 26.7 Å². The van der Waals surface area contributed by atoms with Crippen molar-refractivity contribution in [2.75, 3.05) is 0 Å². The Labute approximate surface area is 105 Å². The van der Waals surface area contributed by atoms with Crippen molar-refractivity contribution < 1.29 is 0 Å². The standard InChI is InChI=1S/C17H12/c1-5-9-11-13-16-17(8-4,14-7-3)15-12-10-6-2/h2,4H,15-16H2,1,3H3. The fourth-order valence-corrected chi connectivity index (χ4v) is 1.08. The van der Waals surface area contributed by atoms with Crippen LogP contribution in [-0.4, -0.2) is 0 Å². The van der Waals surface area contributed by atoms with Crippen molar-refractivity contribution in [1.82, 2.24) is 0 Å². The van der Waals surface area contributed by atoms with Gasteiger partial charge in [-0.3, -0.25) is 0 Å². The first kappa shape index (κ1) is 14.4. The monoisotopic (exact) mass is 216 g/mol. The van der Waals surface area contributed by atoms with E-state index in [1.165, 1.54) is 0 Å². The molecule has 0 aromatic carbocycles. The van der Waals surface area contributed by atoms with E-state index in [0.717, 1.165) is 0 Å². The van der Waals surface area contributed by atoms with Crippen molar-refractivity contribution in [2.24, 2.45) is 5.41 Å². The van der Waals surface area contributed by atoms with Gasteiger partial charge in [0, 0.05) is 12.8 Å².